The van der Waals surface area contributed by atoms with Crippen molar-refractivity contribution in [3.63, 3.8) is 0 Å². The van der Waals surface area contributed by atoms with Crippen molar-refractivity contribution in [1.29, 1.82) is 0 Å². The fraction of sp³-hybridized carbons (Fsp3) is 0.588. The summed E-state index contributed by atoms with van der Waals surface area (Å²) in [5.74, 6) is 5.13. The van der Waals surface area contributed by atoms with Crippen LogP contribution in [0.15, 0.2) is 30.3 Å². The van der Waals surface area contributed by atoms with E-state index in [4.69, 9.17) is 0 Å². The van der Waals surface area contributed by atoms with E-state index < -0.39 is 0 Å². The van der Waals surface area contributed by atoms with Gasteiger partial charge in [0.05, 0.1) is 0 Å². The lowest BCUT2D eigenvalue weighted by Gasteiger charge is -2.35. The molecule has 1 aromatic carbocycles. The van der Waals surface area contributed by atoms with Crippen LogP contribution in [-0.4, -0.2) is 59.0 Å². The van der Waals surface area contributed by atoms with Crippen LogP contribution >= 0.6 is 23.5 Å². The normalized spacial score (nSPS) is 24.0. The molecule has 1 aromatic rings. The van der Waals surface area contributed by atoms with Gasteiger partial charge in [0.15, 0.2) is 0 Å². The molecule has 0 unspecified atom stereocenters. The molecule has 0 aromatic heterocycles. The molecule has 2 aliphatic heterocycles. The lowest BCUT2D eigenvalue weighted by atomic mass is 10.0. The molecule has 1 atom stereocenters. The molecule has 3 rings (SSSR count). The van der Waals surface area contributed by atoms with Crippen molar-refractivity contribution < 1.29 is 4.79 Å². The Morgan fingerprint density at radius 3 is 2.55 bits per heavy atom. The van der Waals surface area contributed by atoms with Gasteiger partial charge in [-0.2, -0.15) is 23.5 Å². The van der Waals surface area contributed by atoms with E-state index in [2.05, 4.69) is 28.8 Å². The molecule has 2 saturated heterocycles. The molecule has 0 radical (unpaired) electrons. The molecule has 2 aliphatic rings. The highest BCUT2D eigenvalue weighted by Gasteiger charge is 2.26. The zero-order chi connectivity index (χ0) is 15.2. The molecular weight excluding hydrogens is 312 g/mol. The summed E-state index contributed by atoms with van der Waals surface area (Å²) in [6, 6.07) is 10.7. The van der Waals surface area contributed by atoms with E-state index in [1.54, 1.807) is 0 Å². The first-order chi connectivity index (χ1) is 10.8. The third-order valence-corrected chi connectivity index (χ3v) is 6.73. The third-order valence-electron chi connectivity index (χ3n) is 4.21. The van der Waals surface area contributed by atoms with Gasteiger partial charge in [0.2, 0.25) is 0 Å². The van der Waals surface area contributed by atoms with Crippen LogP contribution in [0, 0.1) is 0 Å². The molecular formula is C17H24N2OS2. The zero-order valence-corrected chi connectivity index (χ0v) is 14.5. The van der Waals surface area contributed by atoms with Crippen molar-refractivity contribution in [3.05, 3.63) is 35.9 Å². The summed E-state index contributed by atoms with van der Waals surface area (Å²) >= 11 is 4.11. The maximum Gasteiger partial charge on any atom is 0.253 e. The number of carbonyl (C=O) groups excluding carboxylic acids is 1. The van der Waals surface area contributed by atoms with Crippen LogP contribution in [0.25, 0.3) is 0 Å². The number of rotatable bonds is 3. The Morgan fingerprint density at radius 1 is 1.09 bits per heavy atom. The zero-order valence-electron chi connectivity index (χ0n) is 12.9. The summed E-state index contributed by atoms with van der Waals surface area (Å²) in [5.41, 5.74) is 0.809. The molecule has 2 heterocycles. The summed E-state index contributed by atoms with van der Waals surface area (Å²) in [7, 11) is 0. The molecule has 0 saturated carbocycles. The molecule has 3 nitrogen and oxygen atoms in total. The molecule has 1 N–H and O–H groups in total. The predicted molar refractivity (Wildman–Crippen MR) is 96.9 cm³/mol. The van der Waals surface area contributed by atoms with Crippen LogP contribution in [0.3, 0.4) is 0 Å². The molecule has 1 amide bonds. The molecule has 0 aliphatic carbocycles. The maximum absolute atomic E-state index is 12.6. The number of amides is 1. The van der Waals surface area contributed by atoms with E-state index in [1.807, 2.05) is 35.2 Å². The first-order valence-electron chi connectivity index (χ1n) is 8.09. The van der Waals surface area contributed by atoms with Crippen LogP contribution in [0.4, 0.5) is 0 Å². The standard InChI is InChI=1S/C17H24N2OS2/c20-17(14-5-2-1-3-6-14)19-8-4-7-15(11-19)18-16-12-21-9-10-22-13-16/h1-3,5-6,15-16,18H,4,7-13H2/t15-/m0/s1. The number of nitrogens with one attached hydrogen (secondary N) is 1. The highest BCUT2D eigenvalue weighted by molar-refractivity contribution is 8.03. The monoisotopic (exact) mass is 336 g/mol. The number of carbonyl (C=O) groups is 1. The minimum absolute atomic E-state index is 0.178. The maximum atomic E-state index is 12.6. The van der Waals surface area contributed by atoms with E-state index in [1.165, 1.54) is 29.4 Å². The van der Waals surface area contributed by atoms with Crippen LogP contribution in [-0.2, 0) is 0 Å². The Bertz CT molecular complexity index is 475. The Balaban J connectivity index is 1.56. The van der Waals surface area contributed by atoms with Gasteiger partial charge in [0.25, 0.3) is 5.91 Å². The second-order valence-electron chi connectivity index (χ2n) is 5.97. The van der Waals surface area contributed by atoms with E-state index >= 15 is 0 Å². The number of nitrogens with zero attached hydrogens (tertiary/aromatic N) is 1. The van der Waals surface area contributed by atoms with Crippen LogP contribution in [0.1, 0.15) is 23.2 Å². The lowest BCUT2D eigenvalue weighted by Crippen LogP contribution is -2.51. The minimum atomic E-state index is 0.178. The first-order valence-corrected chi connectivity index (χ1v) is 10.4. The Morgan fingerprint density at radius 2 is 1.82 bits per heavy atom. The van der Waals surface area contributed by atoms with Crippen molar-refractivity contribution in [2.45, 2.75) is 24.9 Å². The number of hydrogen-bond donors (Lipinski definition) is 1. The van der Waals surface area contributed by atoms with Crippen LogP contribution in [0.5, 0.6) is 0 Å². The largest absolute Gasteiger partial charge is 0.337 e. The average molecular weight is 337 g/mol. The summed E-state index contributed by atoms with van der Waals surface area (Å²) in [4.78, 5) is 14.6. The Hall–Kier alpha value is -0.650. The Labute approximate surface area is 141 Å². The number of benzene rings is 1. The van der Waals surface area contributed by atoms with Gasteiger partial charge in [-0.1, -0.05) is 18.2 Å². The number of hydrogen-bond acceptors (Lipinski definition) is 4. The van der Waals surface area contributed by atoms with Gasteiger partial charge in [-0.3, -0.25) is 4.79 Å². The van der Waals surface area contributed by atoms with Gasteiger partial charge in [-0.15, -0.1) is 0 Å². The number of thioether (sulfide) groups is 2. The molecule has 2 fully saturated rings. The molecule has 0 spiro atoms. The second kappa shape index (κ2) is 8.27. The van der Waals surface area contributed by atoms with Gasteiger partial charge in [-0.25, -0.2) is 0 Å². The first kappa shape index (κ1) is 16.2. The van der Waals surface area contributed by atoms with Gasteiger partial charge in [-0.05, 0) is 25.0 Å². The van der Waals surface area contributed by atoms with Crippen molar-refractivity contribution in [1.82, 2.24) is 10.2 Å². The third kappa shape index (κ3) is 4.43. The van der Waals surface area contributed by atoms with Crippen molar-refractivity contribution in [3.8, 4) is 0 Å². The van der Waals surface area contributed by atoms with Gasteiger partial charge in [0.1, 0.15) is 0 Å². The smallest absolute Gasteiger partial charge is 0.253 e. The van der Waals surface area contributed by atoms with E-state index in [9.17, 15) is 4.79 Å². The van der Waals surface area contributed by atoms with Crippen LogP contribution in [0.2, 0.25) is 0 Å². The summed E-state index contributed by atoms with van der Waals surface area (Å²) in [6.45, 7) is 1.74. The fourth-order valence-electron chi connectivity index (χ4n) is 3.11. The van der Waals surface area contributed by atoms with E-state index in [-0.39, 0.29) is 5.91 Å². The topological polar surface area (TPSA) is 32.3 Å². The SMILES string of the molecule is O=C(c1ccccc1)N1CCC[C@H](NC2CSCCSC2)C1. The van der Waals surface area contributed by atoms with Crippen molar-refractivity contribution in [2.24, 2.45) is 0 Å². The Kier molecular flexibility index (Phi) is 6.10. The lowest BCUT2D eigenvalue weighted by molar-refractivity contribution is 0.0691. The molecule has 120 valence electrons. The van der Waals surface area contributed by atoms with Gasteiger partial charge in [0, 0.05) is 53.7 Å². The van der Waals surface area contributed by atoms with E-state index in [0.29, 0.717) is 12.1 Å². The average Bonchev–Trinajstić information content (AvgIpc) is 2.84. The minimum Gasteiger partial charge on any atom is -0.337 e. The van der Waals surface area contributed by atoms with Crippen molar-refractivity contribution >= 4 is 29.4 Å². The summed E-state index contributed by atoms with van der Waals surface area (Å²) < 4.78 is 0. The summed E-state index contributed by atoms with van der Waals surface area (Å²) in [5, 5.41) is 3.80. The fourth-order valence-corrected chi connectivity index (χ4v) is 5.53. The van der Waals surface area contributed by atoms with Gasteiger partial charge < -0.3 is 10.2 Å². The predicted octanol–water partition coefficient (Wildman–Crippen LogP) is 2.73. The molecule has 5 heteroatoms. The highest BCUT2D eigenvalue weighted by atomic mass is 32.2. The highest BCUT2D eigenvalue weighted by Crippen LogP contribution is 2.19. The van der Waals surface area contributed by atoms with Crippen LogP contribution < -0.4 is 5.32 Å². The second-order valence-corrected chi connectivity index (χ2v) is 8.27. The quantitative estimate of drug-likeness (QED) is 0.920. The van der Waals surface area contributed by atoms with Crippen molar-refractivity contribution in [2.75, 3.05) is 36.1 Å². The van der Waals surface area contributed by atoms with E-state index in [0.717, 1.165) is 25.1 Å². The number of likely N-dealkylation sites (tertiary alicyclic amines) is 1. The number of piperidine rings is 1. The molecule has 22 heavy (non-hydrogen) atoms. The molecule has 0 bridgehead atoms. The summed E-state index contributed by atoms with van der Waals surface area (Å²) in [6.07, 6.45) is 2.29. The van der Waals surface area contributed by atoms with Gasteiger partial charge >= 0.3 is 0 Å².